The van der Waals surface area contributed by atoms with Crippen molar-refractivity contribution in [3.63, 3.8) is 0 Å². The predicted octanol–water partition coefficient (Wildman–Crippen LogP) is 3.37. The van der Waals surface area contributed by atoms with Crippen LogP contribution in [0.3, 0.4) is 0 Å². The van der Waals surface area contributed by atoms with Crippen LogP contribution >= 0.6 is 0 Å². The average Bonchev–Trinajstić information content (AvgIpc) is 2.78. The van der Waals surface area contributed by atoms with Gasteiger partial charge in [0.05, 0.1) is 24.8 Å². The molecule has 4 rings (SSSR count). The number of hydrogen-bond acceptors (Lipinski definition) is 5. The van der Waals surface area contributed by atoms with Crippen molar-refractivity contribution in [1.82, 2.24) is 4.31 Å². The van der Waals surface area contributed by atoms with E-state index in [4.69, 9.17) is 9.47 Å². The highest BCUT2D eigenvalue weighted by Crippen LogP contribution is 2.33. The van der Waals surface area contributed by atoms with Gasteiger partial charge in [0.2, 0.25) is 10.0 Å². The highest BCUT2D eigenvalue weighted by molar-refractivity contribution is 7.89. The summed E-state index contributed by atoms with van der Waals surface area (Å²) in [5.74, 6) is 1.46. The summed E-state index contributed by atoms with van der Waals surface area (Å²) >= 11 is 0. The molecule has 0 radical (unpaired) electrons. The zero-order valence-electron chi connectivity index (χ0n) is 16.5. The lowest BCUT2D eigenvalue weighted by atomic mass is 10.1. The maximum atomic E-state index is 13.4. The Bertz CT molecular complexity index is 1120. The summed E-state index contributed by atoms with van der Waals surface area (Å²) in [7, 11) is -0.378. The number of ether oxygens (including phenoxy) is 2. The molecule has 0 atom stereocenters. The molecular formula is C22H24N2O4S. The molecule has 0 unspecified atom stereocenters. The lowest BCUT2D eigenvalue weighted by Crippen LogP contribution is -2.48. The fraction of sp³-hybridized carbons (Fsp3) is 0.273. The Morgan fingerprint density at radius 1 is 0.724 bits per heavy atom. The lowest BCUT2D eigenvalue weighted by molar-refractivity contribution is 0.378. The van der Waals surface area contributed by atoms with Gasteiger partial charge in [-0.15, -0.1) is 0 Å². The number of benzene rings is 3. The predicted molar refractivity (Wildman–Crippen MR) is 114 cm³/mol. The van der Waals surface area contributed by atoms with E-state index in [-0.39, 0.29) is 0 Å². The third-order valence-electron chi connectivity index (χ3n) is 5.35. The molecule has 0 spiro atoms. The van der Waals surface area contributed by atoms with Crippen molar-refractivity contribution in [3.05, 3.63) is 60.7 Å². The van der Waals surface area contributed by atoms with Gasteiger partial charge in [0.1, 0.15) is 11.5 Å². The average molecular weight is 413 g/mol. The topological polar surface area (TPSA) is 59.1 Å². The number of rotatable bonds is 5. The highest BCUT2D eigenvalue weighted by atomic mass is 32.2. The Morgan fingerprint density at radius 3 is 2.03 bits per heavy atom. The first-order valence-corrected chi connectivity index (χ1v) is 10.9. The van der Waals surface area contributed by atoms with Crippen LogP contribution < -0.4 is 14.4 Å². The number of hydrogen-bond donors (Lipinski definition) is 0. The molecule has 3 aromatic rings. The molecule has 152 valence electrons. The minimum Gasteiger partial charge on any atom is -0.496 e. The Kier molecular flexibility index (Phi) is 5.34. The van der Waals surface area contributed by atoms with Crippen LogP contribution in [0.25, 0.3) is 10.8 Å². The molecule has 6 nitrogen and oxygen atoms in total. The summed E-state index contributed by atoms with van der Waals surface area (Å²) in [6.07, 6.45) is 0. The summed E-state index contributed by atoms with van der Waals surface area (Å²) in [5.41, 5.74) is 0.988. The van der Waals surface area contributed by atoms with Gasteiger partial charge in [0, 0.05) is 37.0 Å². The number of nitrogens with zero attached hydrogens (tertiary/aromatic N) is 2. The van der Waals surface area contributed by atoms with E-state index in [0.717, 1.165) is 16.8 Å². The minimum atomic E-state index is -3.62. The Hall–Kier alpha value is -2.77. The number of sulfonamides is 1. The smallest absolute Gasteiger partial charge is 0.243 e. The van der Waals surface area contributed by atoms with Gasteiger partial charge in [-0.25, -0.2) is 8.42 Å². The molecule has 1 aliphatic heterocycles. The van der Waals surface area contributed by atoms with Gasteiger partial charge >= 0.3 is 0 Å². The van der Waals surface area contributed by atoms with Gasteiger partial charge < -0.3 is 14.4 Å². The fourth-order valence-electron chi connectivity index (χ4n) is 3.85. The molecule has 1 aliphatic rings. The van der Waals surface area contributed by atoms with E-state index in [1.807, 2.05) is 48.5 Å². The molecule has 0 saturated carbocycles. The number of para-hydroxylation sites is 2. The molecule has 0 N–H and O–H groups in total. The van der Waals surface area contributed by atoms with Crippen LogP contribution in [0.2, 0.25) is 0 Å². The standard InChI is InChI=1S/C22H24N2O4S/c1-27-20-11-12-22(18-8-4-3-7-17(18)20)29(25,26)24-15-13-23(14-16-24)19-9-5-6-10-21(19)28-2/h3-12H,13-16H2,1-2H3. The van der Waals surface area contributed by atoms with Crippen LogP contribution in [0.1, 0.15) is 0 Å². The Labute approximate surface area is 171 Å². The van der Waals surface area contributed by atoms with Crippen molar-refractivity contribution in [2.75, 3.05) is 45.3 Å². The normalized spacial score (nSPS) is 15.4. The van der Waals surface area contributed by atoms with Crippen LogP contribution in [-0.4, -0.2) is 53.1 Å². The molecule has 0 bridgehead atoms. The van der Waals surface area contributed by atoms with Crippen LogP contribution in [0.4, 0.5) is 5.69 Å². The maximum absolute atomic E-state index is 13.4. The molecule has 3 aromatic carbocycles. The van der Waals surface area contributed by atoms with E-state index >= 15 is 0 Å². The molecular weight excluding hydrogens is 388 g/mol. The molecule has 0 aliphatic carbocycles. The van der Waals surface area contributed by atoms with Gasteiger partial charge in [-0.05, 0) is 24.3 Å². The van der Waals surface area contributed by atoms with E-state index in [0.29, 0.717) is 42.2 Å². The van der Waals surface area contributed by atoms with Gasteiger partial charge in [-0.3, -0.25) is 0 Å². The largest absolute Gasteiger partial charge is 0.496 e. The van der Waals surface area contributed by atoms with Crippen molar-refractivity contribution in [2.24, 2.45) is 0 Å². The van der Waals surface area contributed by atoms with Gasteiger partial charge in [-0.1, -0.05) is 36.4 Å². The zero-order valence-corrected chi connectivity index (χ0v) is 17.4. The fourth-order valence-corrected chi connectivity index (χ4v) is 5.46. The molecule has 1 fully saturated rings. The third kappa shape index (κ3) is 3.52. The molecule has 1 heterocycles. The number of anilines is 1. The minimum absolute atomic E-state index is 0.319. The van der Waals surface area contributed by atoms with Gasteiger partial charge in [-0.2, -0.15) is 4.31 Å². The van der Waals surface area contributed by atoms with E-state index < -0.39 is 10.0 Å². The summed E-state index contributed by atoms with van der Waals surface area (Å²) in [6, 6.07) is 18.6. The van der Waals surface area contributed by atoms with Crippen LogP contribution in [0, 0.1) is 0 Å². The van der Waals surface area contributed by atoms with Crippen molar-refractivity contribution in [2.45, 2.75) is 4.90 Å². The summed E-state index contributed by atoms with van der Waals surface area (Å²) < 4.78 is 39.2. The highest BCUT2D eigenvalue weighted by Gasteiger charge is 2.30. The summed E-state index contributed by atoms with van der Waals surface area (Å²) in [5, 5.41) is 1.47. The van der Waals surface area contributed by atoms with Crippen LogP contribution in [-0.2, 0) is 10.0 Å². The van der Waals surface area contributed by atoms with Crippen molar-refractivity contribution < 1.29 is 17.9 Å². The first-order valence-electron chi connectivity index (χ1n) is 9.50. The molecule has 7 heteroatoms. The number of methoxy groups -OCH3 is 2. The van der Waals surface area contributed by atoms with Crippen molar-refractivity contribution in [3.8, 4) is 11.5 Å². The van der Waals surface area contributed by atoms with E-state index in [9.17, 15) is 8.42 Å². The quantitative estimate of drug-likeness (QED) is 0.643. The second kappa shape index (κ2) is 7.93. The number of piperazine rings is 1. The molecule has 0 aromatic heterocycles. The van der Waals surface area contributed by atoms with Gasteiger partial charge in [0.15, 0.2) is 0 Å². The van der Waals surface area contributed by atoms with Crippen molar-refractivity contribution >= 4 is 26.5 Å². The summed E-state index contributed by atoms with van der Waals surface area (Å²) in [6.45, 7) is 2.04. The second-order valence-corrected chi connectivity index (χ2v) is 8.78. The van der Waals surface area contributed by atoms with E-state index in [2.05, 4.69) is 4.90 Å². The van der Waals surface area contributed by atoms with Gasteiger partial charge in [0.25, 0.3) is 0 Å². The summed E-state index contributed by atoms with van der Waals surface area (Å²) in [4.78, 5) is 2.48. The SMILES string of the molecule is COc1ccccc1N1CCN(S(=O)(=O)c2ccc(OC)c3ccccc23)CC1. The molecule has 0 amide bonds. The van der Waals surface area contributed by atoms with E-state index in [1.165, 1.54) is 0 Å². The molecule has 1 saturated heterocycles. The maximum Gasteiger partial charge on any atom is 0.243 e. The Morgan fingerprint density at radius 2 is 1.34 bits per heavy atom. The van der Waals surface area contributed by atoms with Crippen LogP contribution in [0.15, 0.2) is 65.6 Å². The first kappa shape index (κ1) is 19.5. The monoisotopic (exact) mass is 412 g/mol. The number of fused-ring (bicyclic) bond motifs is 1. The van der Waals surface area contributed by atoms with Crippen LogP contribution in [0.5, 0.6) is 11.5 Å². The zero-order chi connectivity index (χ0) is 20.4. The van der Waals surface area contributed by atoms with Crippen molar-refractivity contribution in [1.29, 1.82) is 0 Å². The Balaban J connectivity index is 1.61. The molecule has 29 heavy (non-hydrogen) atoms. The first-order chi connectivity index (χ1) is 14.1. The third-order valence-corrected chi connectivity index (χ3v) is 7.30. The lowest BCUT2D eigenvalue weighted by Gasteiger charge is -2.36. The second-order valence-electron chi connectivity index (χ2n) is 6.87. The van der Waals surface area contributed by atoms with E-state index in [1.54, 1.807) is 30.7 Å².